The van der Waals surface area contributed by atoms with Gasteiger partial charge in [0.25, 0.3) is 0 Å². The van der Waals surface area contributed by atoms with Gasteiger partial charge in [0.15, 0.2) is 0 Å². The Balaban J connectivity index is 1.60. The summed E-state index contributed by atoms with van der Waals surface area (Å²) < 4.78 is 0. The van der Waals surface area contributed by atoms with E-state index in [-0.39, 0.29) is 6.03 Å². The Morgan fingerprint density at radius 1 is 1.27 bits per heavy atom. The molecule has 2 heterocycles. The molecule has 0 aromatic heterocycles. The Bertz CT molecular complexity index is 481. The van der Waals surface area contributed by atoms with Crippen molar-refractivity contribution in [1.82, 2.24) is 15.1 Å². The van der Waals surface area contributed by atoms with Crippen LogP contribution in [-0.4, -0.2) is 61.6 Å². The molecule has 2 saturated heterocycles. The van der Waals surface area contributed by atoms with E-state index in [2.05, 4.69) is 22.6 Å². The summed E-state index contributed by atoms with van der Waals surface area (Å²) in [6.07, 6.45) is 2.37. The summed E-state index contributed by atoms with van der Waals surface area (Å²) >= 11 is 0. The molecule has 2 aliphatic rings. The summed E-state index contributed by atoms with van der Waals surface area (Å²) in [5.41, 5.74) is 0.869. The van der Waals surface area contributed by atoms with Crippen LogP contribution >= 0.6 is 0 Å². The second-order valence-corrected chi connectivity index (χ2v) is 6.51. The molecule has 0 bridgehead atoms. The number of nitrogens with zero attached hydrogens (tertiary/aromatic N) is 2. The first kappa shape index (κ1) is 15.3. The average Bonchev–Trinajstić information content (AvgIpc) is 2.48. The van der Waals surface area contributed by atoms with Crippen molar-refractivity contribution in [3.63, 3.8) is 0 Å². The third kappa shape index (κ3) is 3.78. The van der Waals surface area contributed by atoms with Gasteiger partial charge in [-0.3, -0.25) is 0 Å². The van der Waals surface area contributed by atoms with Crippen LogP contribution in [-0.2, 0) is 0 Å². The second kappa shape index (κ2) is 7.11. The molecule has 5 heteroatoms. The molecule has 2 fully saturated rings. The topological polar surface area (TPSA) is 47.6 Å². The molecule has 0 spiro atoms. The average molecular weight is 302 g/mol. The van der Waals surface area contributed by atoms with Crippen LogP contribution in [0, 0.1) is 5.92 Å². The quantitative estimate of drug-likeness (QED) is 0.892. The first-order valence-corrected chi connectivity index (χ1v) is 8.24. The lowest BCUT2D eigenvalue weighted by atomic mass is 9.95. The highest BCUT2D eigenvalue weighted by Gasteiger charge is 2.31. The van der Waals surface area contributed by atoms with Gasteiger partial charge in [0.2, 0.25) is 0 Å². The summed E-state index contributed by atoms with van der Waals surface area (Å²) in [6.45, 7) is 4.98. The molecule has 1 aromatic carbocycles. The van der Waals surface area contributed by atoms with E-state index in [1.54, 1.807) is 0 Å². The van der Waals surface area contributed by atoms with Crippen LogP contribution < -0.4 is 10.6 Å². The Kier molecular flexibility index (Phi) is 4.95. The number of urea groups is 1. The zero-order valence-electron chi connectivity index (χ0n) is 13.3. The molecule has 0 radical (unpaired) electrons. The van der Waals surface area contributed by atoms with E-state index in [4.69, 9.17) is 0 Å². The highest BCUT2D eigenvalue weighted by Crippen LogP contribution is 2.20. The molecule has 0 atom stereocenters. The number of nitrogens with one attached hydrogen (secondary N) is 2. The van der Waals surface area contributed by atoms with E-state index in [1.807, 2.05) is 35.2 Å². The number of amides is 2. The van der Waals surface area contributed by atoms with E-state index >= 15 is 0 Å². The van der Waals surface area contributed by atoms with E-state index in [1.165, 1.54) is 12.8 Å². The summed E-state index contributed by atoms with van der Waals surface area (Å²) in [5, 5.41) is 6.31. The minimum Gasteiger partial charge on any atom is -0.319 e. The molecule has 5 nitrogen and oxygen atoms in total. The van der Waals surface area contributed by atoms with Gasteiger partial charge in [0, 0.05) is 25.3 Å². The smallest absolute Gasteiger partial charge is 0.319 e. The third-order valence-electron chi connectivity index (χ3n) is 4.78. The monoisotopic (exact) mass is 302 g/mol. The molecule has 0 aliphatic carbocycles. The van der Waals surface area contributed by atoms with Crippen molar-refractivity contribution in [2.24, 2.45) is 5.92 Å². The fourth-order valence-corrected chi connectivity index (χ4v) is 3.13. The number of carbonyl (C=O) groups is 1. The SMILES string of the molecule is CN1CCC(CN(C(=O)Nc2ccccc2)C2CNC2)CC1. The number of para-hydroxylation sites is 1. The van der Waals surface area contributed by atoms with Crippen LogP contribution in [0.15, 0.2) is 30.3 Å². The van der Waals surface area contributed by atoms with Crippen LogP contribution in [0.1, 0.15) is 12.8 Å². The highest BCUT2D eigenvalue weighted by atomic mass is 16.2. The number of hydrogen-bond acceptors (Lipinski definition) is 3. The Morgan fingerprint density at radius 3 is 2.55 bits per heavy atom. The molecule has 2 N–H and O–H groups in total. The van der Waals surface area contributed by atoms with E-state index < -0.39 is 0 Å². The normalized spacial score (nSPS) is 20.4. The summed E-state index contributed by atoms with van der Waals surface area (Å²) in [4.78, 5) is 17.1. The summed E-state index contributed by atoms with van der Waals surface area (Å²) in [5.74, 6) is 0.623. The maximum atomic E-state index is 12.7. The molecular formula is C17H26N4O. The summed E-state index contributed by atoms with van der Waals surface area (Å²) in [7, 11) is 2.17. The number of benzene rings is 1. The van der Waals surface area contributed by atoms with Crippen LogP contribution in [0.3, 0.4) is 0 Å². The van der Waals surface area contributed by atoms with Crippen molar-refractivity contribution in [3.05, 3.63) is 30.3 Å². The van der Waals surface area contributed by atoms with Gasteiger partial charge in [-0.25, -0.2) is 4.79 Å². The van der Waals surface area contributed by atoms with Crippen LogP contribution in [0.25, 0.3) is 0 Å². The first-order valence-electron chi connectivity index (χ1n) is 8.24. The maximum Gasteiger partial charge on any atom is 0.322 e. The fraction of sp³-hybridized carbons (Fsp3) is 0.588. The zero-order chi connectivity index (χ0) is 15.4. The largest absolute Gasteiger partial charge is 0.322 e. The lowest BCUT2D eigenvalue weighted by Crippen LogP contribution is -2.60. The predicted octanol–water partition coefficient (Wildman–Crippen LogP) is 1.83. The standard InChI is InChI=1S/C17H26N4O/c1-20-9-7-14(8-10-20)13-21(16-11-18-12-16)17(22)19-15-5-3-2-4-6-15/h2-6,14,16,18H,7-13H2,1H3,(H,19,22). The summed E-state index contributed by atoms with van der Waals surface area (Å²) in [6, 6.07) is 10.1. The van der Waals surface area contributed by atoms with Gasteiger partial charge >= 0.3 is 6.03 Å². The lowest BCUT2D eigenvalue weighted by molar-refractivity contribution is 0.123. The molecule has 120 valence electrons. The van der Waals surface area contributed by atoms with Gasteiger partial charge in [-0.05, 0) is 51.0 Å². The Morgan fingerprint density at radius 2 is 1.95 bits per heavy atom. The second-order valence-electron chi connectivity index (χ2n) is 6.51. The molecule has 3 rings (SSSR count). The van der Waals surface area contributed by atoms with Crippen molar-refractivity contribution >= 4 is 11.7 Å². The van der Waals surface area contributed by atoms with Crippen LogP contribution in [0.5, 0.6) is 0 Å². The minimum absolute atomic E-state index is 0.0385. The zero-order valence-corrected chi connectivity index (χ0v) is 13.3. The number of rotatable bonds is 4. The fourth-order valence-electron chi connectivity index (χ4n) is 3.13. The minimum atomic E-state index is 0.0385. The van der Waals surface area contributed by atoms with Crippen LogP contribution in [0.4, 0.5) is 10.5 Å². The molecular weight excluding hydrogens is 276 g/mol. The highest BCUT2D eigenvalue weighted by molar-refractivity contribution is 5.89. The van der Waals surface area contributed by atoms with Crippen molar-refractivity contribution < 1.29 is 4.79 Å². The van der Waals surface area contributed by atoms with E-state index in [0.29, 0.717) is 12.0 Å². The van der Waals surface area contributed by atoms with Gasteiger partial charge in [-0.15, -0.1) is 0 Å². The molecule has 0 unspecified atom stereocenters. The molecule has 22 heavy (non-hydrogen) atoms. The Labute approximate surface area is 132 Å². The predicted molar refractivity (Wildman–Crippen MR) is 89.0 cm³/mol. The lowest BCUT2D eigenvalue weighted by Gasteiger charge is -2.41. The van der Waals surface area contributed by atoms with Crippen molar-refractivity contribution in [3.8, 4) is 0 Å². The first-order chi connectivity index (χ1) is 10.7. The van der Waals surface area contributed by atoms with E-state index in [9.17, 15) is 4.79 Å². The third-order valence-corrected chi connectivity index (χ3v) is 4.78. The van der Waals surface area contributed by atoms with Gasteiger partial charge in [-0.2, -0.15) is 0 Å². The van der Waals surface area contributed by atoms with Gasteiger partial charge in [0.05, 0.1) is 6.04 Å². The molecule has 1 aromatic rings. The van der Waals surface area contributed by atoms with Gasteiger partial charge in [-0.1, -0.05) is 18.2 Å². The molecule has 2 amide bonds. The number of anilines is 1. The molecule has 2 aliphatic heterocycles. The maximum absolute atomic E-state index is 12.7. The number of carbonyl (C=O) groups excluding carboxylic acids is 1. The number of likely N-dealkylation sites (tertiary alicyclic amines) is 1. The number of hydrogen-bond donors (Lipinski definition) is 2. The number of piperidine rings is 1. The van der Waals surface area contributed by atoms with Crippen molar-refractivity contribution in [2.75, 3.05) is 45.1 Å². The van der Waals surface area contributed by atoms with Crippen LogP contribution in [0.2, 0.25) is 0 Å². The Hall–Kier alpha value is -1.59. The van der Waals surface area contributed by atoms with Crippen molar-refractivity contribution in [2.45, 2.75) is 18.9 Å². The van der Waals surface area contributed by atoms with Crippen molar-refractivity contribution in [1.29, 1.82) is 0 Å². The van der Waals surface area contributed by atoms with Gasteiger partial charge < -0.3 is 20.4 Å². The van der Waals surface area contributed by atoms with Gasteiger partial charge in [0.1, 0.15) is 0 Å². The molecule has 0 saturated carbocycles. The van der Waals surface area contributed by atoms with E-state index in [0.717, 1.165) is 38.4 Å².